The molecule has 2 saturated carbocycles. The summed E-state index contributed by atoms with van der Waals surface area (Å²) >= 11 is 0. The molecule has 0 radical (unpaired) electrons. The van der Waals surface area contributed by atoms with Crippen molar-refractivity contribution in [2.24, 2.45) is 0 Å². The highest BCUT2D eigenvalue weighted by molar-refractivity contribution is 5.42. The van der Waals surface area contributed by atoms with Gasteiger partial charge in [0, 0.05) is 0 Å². The molecule has 2 fully saturated rings. The SMILES string of the molecule is CCCCc1cc(C)c(CCCC)cc1C.CCCCc1cc(C)ccc1C.COc1cc(C)ccc1C.Cc1cc(C)c(C)cc1C.Cc1cc(C2CCCCC2)c(C)cc1C1CCCCC1.Cc1ccc(C)c(C)c1.Cc1ccc(C)cc1. The highest BCUT2D eigenvalue weighted by Gasteiger charge is 2.22. The van der Waals surface area contributed by atoms with E-state index in [0.29, 0.717) is 0 Å². The highest BCUT2D eigenvalue weighted by atomic mass is 16.5. The molecule has 0 saturated heterocycles. The zero-order valence-corrected chi connectivity index (χ0v) is 58.5. The van der Waals surface area contributed by atoms with Gasteiger partial charge in [-0.3, -0.25) is 0 Å². The second-order valence-electron chi connectivity index (χ2n) is 25.9. The van der Waals surface area contributed by atoms with Gasteiger partial charge in [0.15, 0.2) is 0 Å². The molecule has 0 bridgehead atoms. The van der Waals surface area contributed by atoms with E-state index >= 15 is 0 Å². The molecule has 1 nitrogen and oxygen atoms in total. The van der Waals surface area contributed by atoms with Crippen LogP contribution >= 0.6 is 0 Å². The topological polar surface area (TPSA) is 9.23 Å². The molecule has 7 aromatic carbocycles. The average molecular weight is 1150 g/mol. The Hall–Kier alpha value is -5.66. The van der Waals surface area contributed by atoms with Crippen LogP contribution in [0.25, 0.3) is 0 Å². The van der Waals surface area contributed by atoms with Crippen LogP contribution < -0.4 is 4.74 Å². The van der Waals surface area contributed by atoms with Gasteiger partial charge in [0.1, 0.15) is 5.75 Å². The number of unbranched alkanes of at least 4 members (excludes halogenated alkanes) is 3. The van der Waals surface area contributed by atoms with Crippen molar-refractivity contribution in [2.75, 3.05) is 7.11 Å². The number of aryl methyl sites for hydroxylation is 20. The highest BCUT2D eigenvalue weighted by Crippen LogP contribution is 2.39. The Bertz CT molecular complexity index is 2850. The Morgan fingerprint density at radius 3 is 0.941 bits per heavy atom. The molecule has 0 N–H and O–H groups in total. The third-order valence-corrected chi connectivity index (χ3v) is 18.0. The molecule has 7 aromatic rings. The van der Waals surface area contributed by atoms with Gasteiger partial charge in [0.25, 0.3) is 0 Å². The Balaban J connectivity index is 0.000000266. The fourth-order valence-electron chi connectivity index (χ4n) is 11.8. The second kappa shape index (κ2) is 39.9. The molecule has 2 aliphatic rings. The van der Waals surface area contributed by atoms with E-state index in [2.05, 4.69) is 241 Å². The lowest BCUT2D eigenvalue weighted by atomic mass is 9.77. The van der Waals surface area contributed by atoms with Crippen molar-refractivity contribution in [2.45, 2.75) is 272 Å². The molecule has 0 atom stereocenters. The maximum atomic E-state index is 5.13. The van der Waals surface area contributed by atoms with E-state index in [1.807, 2.05) is 13.0 Å². The van der Waals surface area contributed by atoms with Gasteiger partial charge in [0.05, 0.1) is 7.11 Å². The van der Waals surface area contributed by atoms with Gasteiger partial charge < -0.3 is 4.74 Å². The molecular formula is C84H122O. The van der Waals surface area contributed by atoms with Crippen LogP contribution in [0, 0.1) is 118 Å². The smallest absolute Gasteiger partial charge is 0.122 e. The molecule has 0 aromatic heterocycles. The third kappa shape index (κ3) is 27.3. The minimum absolute atomic E-state index is 0.850. The van der Waals surface area contributed by atoms with Crippen LogP contribution in [0.2, 0.25) is 0 Å². The molecule has 464 valence electrons. The minimum Gasteiger partial charge on any atom is -0.496 e. The number of hydrogen-bond donors (Lipinski definition) is 0. The van der Waals surface area contributed by atoms with Crippen LogP contribution in [0.5, 0.6) is 5.75 Å². The van der Waals surface area contributed by atoms with E-state index in [9.17, 15) is 0 Å². The summed E-state index contributed by atoms with van der Waals surface area (Å²) in [4.78, 5) is 0. The van der Waals surface area contributed by atoms with Crippen LogP contribution in [0.15, 0.2) is 115 Å². The first-order chi connectivity index (χ1) is 40.5. The van der Waals surface area contributed by atoms with E-state index in [1.165, 1.54) is 211 Å². The molecule has 0 unspecified atom stereocenters. The van der Waals surface area contributed by atoms with Gasteiger partial charge in [-0.05, 0) is 300 Å². The fourth-order valence-corrected chi connectivity index (χ4v) is 11.8. The first-order valence-corrected chi connectivity index (χ1v) is 33.5. The summed E-state index contributed by atoms with van der Waals surface area (Å²) in [5, 5.41) is 0. The molecule has 2 aliphatic carbocycles. The Kier molecular flexibility index (Phi) is 34.6. The van der Waals surface area contributed by atoms with Gasteiger partial charge in [-0.2, -0.15) is 0 Å². The minimum atomic E-state index is 0.850. The fraction of sp³-hybridized carbons (Fsp3) is 0.500. The summed E-state index contributed by atoms with van der Waals surface area (Å²) in [7, 11) is 1.70. The summed E-state index contributed by atoms with van der Waals surface area (Å²) < 4.78 is 5.13. The first-order valence-electron chi connectivity index (χ1n) is 33.5. The molecule has 85 heavy (non-hydrogen) atoms. The quantitative estimate of drug-likeness (QED) is 0.118. The van der Waals surface area contributed by atoms with E-state index in [-0.39, 0.29) is 0 Å². The summed E-state index contributed by atoms with van der Waals surface area (Å²) in [6.45, 7) is 43.7. The lowest BCUT2D eigenvalue weighted by molar-refractivity contribution is 0.411. The number of rotatable bonds is 12. The van der Waals surface area contributed by atoms with Gasteiger partial charge >= 0.3 is 0 Å². The zero-order valence-electron chi connectivity index (χ0n) is 58.5. The standard InChI is InChI=1S/C20H30.C16H26.C12H18.C10H14.C9H12O.C9H12.C8H10/c1-15-13-20(18-11-7-4-8-12-18)16(2)14-19(15)17-9-5-3-6-10-17;1-5-7-9-15-11-14(4)16(10-8-6-2)12-13(15)3;1-4-5-6-12-9-10(2)7-8-11(12)3;1-7-5-9(3)10(4)6-8(7)2;1-7-4-5-8(2)9(6-7)10-3;1-7-4-5-8(2)9(3)6-7;1-7-3-5-8(2)6-4-7/h13-14,17-18H,3-12H2,1-2H3;11-12H,5-10H2,1-4H3;7-9H,4-6H2,1-3H3;5-6H,1-4H3;4-6H,1-3H3;4-6H,1-3H3;3-6H,1-2H3. The predicted octanol–water partition coefficient (Wildman–Crippen LogP) is 25.2. The van der Waals surface area contributed by atoms with Crippen LogP contribution in [0.1, 0.15) is 258 Å². The summed E-state index contributed by atoms with van der Waals surface area (Å²) in [5.74, 6) is 2.67. The third-order valence-electron chi connectivity index (χ3n) is 18.0. The molecule has 0 amide bonds. The maximum Gasteiger partial charge on any atom is 0.122 e. The van der Waals surface area contributed by atoms with Gasteiger partial charge in [0.2, 0.25) is 0 Å². The van der Waals surface area contributed by atoms with Gasteiger partial charge in [-0.1, -0.05) is 210 Å². The van der Waals surface area contributed by atoms with Crippen molar-refractivity contribution in [1.29, 1.82) is 0 Å². The van der Waals surface area contributed by atoms with Crippen molar-refractivity contribution < 1.29 is 4.74 Å². The molecule has 9 rings (SSSR count). The number of methoxy groups -OCH3 is 1. The van der Waals surface area contributed by atoms with E-state index in [0.717, 1.165) is 17.6 Å². The lowest BCUT2D eigenvalue weighted by Gasteiger charge is -2.28. The monoisotopic (exact) mass is 1150 g/mol. The number of hydrogen-bond acceptors (Lipinski definition) is 1. The first kappa shape index (κ1) is 73.6. The molecule has 1 heteroatoms. The second-order valence-corrected chi connectivity index (χ2v) is 25.9. The molecule has 0 aliphatic heterocycles. The van der Waals surface area contributed by atoms with Crippen LogP contribution in [0.3, 0.4) is 0 Å². The lowest BCUT2D eigenvalue weighted by Crippen LogP contribution is -2.10. The van der Waals surface area contributed by atoms with E-state index < -0.39 is 0 Å². The van der Waals surface area contributed by atoms with Gasteiger partial charge in [-0.15, -0.1) is 0 Å². The normalized spacial score (nSPS) is 12.9. The summed E-state index contributed by atoms with van der Waals surface area (Å²) in [6.07, 6.45) is 25.9. The maximum absolute atomic E-state index is 5.13. The predicted molar refractivity (Wildman–Crippen MR) is 380 cm³/mol. The van der Waals surface area contributed by atoms with Crippen LogP contribution in [-0.4, -0.2) is 7.11 Å². The van der Waals surface area contributed by atoms with Crippen molar-refractivity contribution in [3.63, 3.8) is 0 Å². The van der Waals surface area contributed by atoms with Crippen molar-refractivity contribution >= 4 is 0 Å². The van der Waals surface area contributed by atoms with E-state index in [1.54, 1.807) is 40.5 Å². The molecular weight excluding hydrogens is 1020 g/mol. The molecule has 0 heterocycles. The number of ether oxygens (including phenoxy) is 1. The Morgan fingerprint density at radius 2 is 0.600 bits per heavy atom. The van der Waals surface area contributed by atoms with E-state index in [4.69, 9.17) is 4.74 Å². The van der Waals surface area contributed by atoms with Crippen molar-refractivity contribution in [3.8, 4) is 5.75 Å². The van der Waals surface area contributed by atoms with Crippen LogP contribution in [-0.2, 0) is 19.3 Å². The van der Waals surface area contributed by atoms with Crippen LogP contribution in [0.4, 0.5) is 0 Å². The van der Waals surface area contributed by atoms with Crippen molar-refractivity contribution in [3.05, 3.63) is 238 Å². The summed E-state index contributed by atoms with van der Waals surface area (Å²) in [6, 6.07) is 42.3. The zero-order chi connectivity index (χ0) is 63.0. The Morgan fingerprint density at radius 1 is 0.282 bits per heavy atom. The molecule has 0 spiro atoms. The number of benzene rings is 7. The Labute approximate surface area is 524 Å². The largest absolute Gasteiger partial charge is 0.496 e. The van der Waals surface area contributed by atoms with Crippen molar-refractivity contribution in [1.82, 2.24) is 0 Å². The summed E-state index contributed by atoms with van der Waals surface area (Å²) in [5.41, 5.74) is 31.7. The average Bonchev–Trinajstić information content (AvgIpc) is 3.68. The van der Waals surface area contributed by atoms with Gasteiger partial charge in [-0.25, -0.2) is 0 Å².